The summed E-state index contributed by atoms with van der Waals surface area (Å²) < 4.78 is 0. The molecule has 18 heavy (non-hydrogen) atoms. The molecule has 2 aromatic rings. The molecular weight excluding hydrogens is 248 g/mol. The third-order valence-electron chi connectivity index (χ3n) is 2.52. The van der Waals surface area contributed by atoms with Crippen molar-refractivity contribution in [3.63, 3.8) is 0 Å². The average molecular weight is 262 g/mol. The van der Waals surface area contributed by atoms with Crippen molar-refractivity contribution >= 4 is 22.0 Å². The highest BCUT2D eigenvalue weighted by atomic mass is 32.1. The maximum Gasteiger partial charge on any atom is 0.324 e. The van der Waals surface area contributed by atoms with Gasteiger partial charge in [0, 0.05) is 23.2 Å². The predicted molar refractivity (Wildman–Crippen MR) is 74.2 cm³/mol. The van der Waals surface area contributed by atoms with E-state index in [-0.39, 0.29) is 9.92 Å². The van der Waals surface area contributed by atoms with Gasteiger partial charge in [0.25, 0.3) is 0 Å². The summed E-state index contributed by atoms with van der Waals surface area (Å²) in [6, 6.07) is 9.58. The van der Waals surface area contributed by atoms with Crippen molar-refractivity contribution in [1.82, 2.24) is 0 Å². The average Bonchev–Trinajstić information content (AvgIpc) is 2.73. The van der Waals surface area contributed by atoms with E-state index in [1.54, 1.807) is 12.1 Å². The monoisotopic (exact) mass is 262 g/mol. The molecule has 0 saturated heterocycles. The Morgan fingerprint density at radius 1 is 1.22 bits per heavy atom. The van der Waals surface area contributed by atoms with Gasteiger partial charge in [0.1, 0.15) is 0 Å². The second-order valence-corrected chi connectivity index (χ2v) is 5.37. The Morgan fingerprint density at radius 3 is 2.44 bits per heavy atom. The van der Waals surface area contributed by atoms with Gasteiger partial charge in [-0.1, -0.05) is 17.4 Å². The van der Waals surface area contributed by atoms with Crippen molar-refractivity contribution in [3.05, 3.63) is 56.5 Å². The van der Waals surface area contributed by atoms with E-state index in [1.165, 1.54) is 22.5 Å². The summed E-state index contributed by atoms with van der Waals surface area (Å²) in [6.45, 7) is 4.71. The van der Waals surface area contributed by atoms with E-state index in [2.05, 4.69) is 23.5 Å². The van der Waals surface area contributed by atoms with Crippen molar-refractivity contribution in [2.45, 2.75) is 20.4 Å². The van der Waals surface area contributed by atoms with Crippen LogP contribution in [-0.4, -0.2) is 4.92 Å². The van der Waals surface area contributed by atoms with Crippen LogP contribution in [-0.2, 0) is 6.54 Å². The van der Waals surface area contributed by atoms with Gasteiger partial charge < -0.3 is 5.32 Å². The topological polar surface area (TPSA) is 55.2 Å². The fourth-order valence-corrected chi connectivity index (χ4v) is 2.59. The minimum atomic E-state index is -0.356. The SMILES string of the molecule is Cc1cc(C)cc(NCc2ccc([N+](=O)[O-])s2)c1. The molecule has 0 radical (unpaired) electrons. The number of hydrogen-bond acceptors (Lipinski definition) is 4. The normalized spacial score (nSPS) is 10.3. The molecule has 2 rings (SSSR count). The molecule has 0 spiro atoms. The zero-order valence-electron chi connectivity index (χ0n) is 10.3. The Kier molecular flexibility index (Phi) is 3.62. The van der Waals surface area contributed by atoms with Crippen molar-refractivity contribution in [3.8, 4) is 0 Å². The lowest BCUT2D eigenvalue weighted by Crippen LogP contribution is -1.97. The lowest BCUT2D eigenvalue weighted by molar-refractivity contribution is -0.380. The molecule has 0 unspecified atom stereocenters. The molecule has 0 atom stereocenters. The van der Waals surface area contributed by atoms with E-state index in [9.17, 15) is 10.1 Å². The van der Waals surface area contributed by atoms with Gasteiger partial charge in [0.2, 0.25) is 0 Å². The summed E-state index contributed by atoms with van der Waals surface area (Å²) in [5, 5.41) is 14.0. The Morgan fingerprint density at radius 2 is 1.89 bits per heavy atom. The van der Waals surface area contributed by atoms with Crippen LogP contribution >= 0.6 is 11.3 Å². The predicted octanol–water partition coefficient (Wildman–Crippen LogP) is 3.89. The molecule has 1 aromatic carbocycles. The molecule has 0 fully saturated rings. The molecule has 0 aliphatic carbocycles. The number of nitrogens with zero attached hydrogens (tertiary/aromatic N) is 1. The lowest BCUT2D eigenvalue weighted by Gasteiger charge is -2.07. The molecule has 0 aliphatic rings. The van der Waals surface area contributed by atoms with Gasteiger partial charge in [0.05, 0.1) is 4.92 Å². The largest absolute Gasteiger partial charge is 0.380 e. The lowest BCUT2D eigenvalue weighted by atomic mass is 10.1. The zero-order chi connectivity index (χ0) is 13.1. The van der Waals surface area contributed by atoms with Crippen LogP contribution < -0.4 is 5.32 Å². The Labute approximate surface area is 109 Å². The smallest absolute Gasteiger partial charge is 0.324 e. The highest BCUT2D eigenvalue weighted by Crippen LogP contribution is 2.25. The first kappa shape index (κ1) is 12.6. The highest BCUT2D eigenvalue weighted by Gasteiger charge is 2.09. The minimum absolute atomic E-state index is 0.187. The highest BCUT2D eigenvalue weighted by molar-refractivity contribution is 7.15. The summed E-state index contributed by atoms with van der Waals surface area (Å²) in [5.74, 6) is 0. The van der Waals surface area contributed by atoms with Crippen LogP contribution in [0.15, 0.2) is 30.3 Å². The van der Waals surface area contributed by atoms with Gasteiger partial charge in [-0.3, -0.25) is 10.1 Å². The van der Waals surface area contributed by atoms with Crippen LogP contribution in [0.2, 0.25) is 0 Å². The molecular formula is C13H14N2O2S. The number of thiophene rings is 1. The second kappa shape index (κ2) is 5.18. The van der Waals surface area contributed by atoms with Crippen molar-refractivity contribution in [1.29, 1.82) is 0 Å². The number of nitrogens with one attached hydrogen (secondary N) is 1. The zero-order valence-corrected chi connectivity index (χ0v) is 11.1. The van der Waals surface area contributed by atoms with Crippen LogP contribution in [0.5, 0.6) is 0 Å². The number of benzene rings is 1. The third-order valence-corrected chi connectivity index (χ3v) is 3.55. The molecule has 0 aliphatic heterocycles. The molecule has 0 amide bonds. The van der Waals surface area contributed by atoms with Crippen molar-refractivity contribution < 1.29 is 4.92 Å². The van der Waals surface area contributed by atoms with Crippen LogP contribution in [0.4, 0.5) is 10.7 Å². The molecule has 1 heterocycles. The summed E-state index contributed by atoms with van der Waals surface area (Å²) in [7, 11) is 0. The van der Waals surface area contributed by atoms with Gasteiger partial charge in [-0.2, -0.15) is 0 Å². The second-order valence-electron chi connectivity index (χ2n) is 4.23. The maximum atomic E-state index is 10.6. The van der Waals surface area contributed by atoms with E-state index < -0.39 is 0 Å². The number of anilines is 1. The summed E-state index contributed by atoms with van der Waals surface area (Å²) in [4.78, 5) is 11.2. The van der Waals surface area contributed by atoms with Gasteiger partial charge >= 0.3 is 5.00 Å². The first-order valence-electron chi connectivity index (χ1n) is 5.60. The minimum Gasteiger partial charge on any atom is -0.380 e. The molecule has 1 N–H and O–H groups in total. The van der Waals surface area contributed by atoms with Crippen LogP contribution in [0.25, 0.3) is 0 Å². The maximum absolute atomic E-state index is 10.6. The quantitative estimate of drug-likeness (QED) is 0.672. The van der Waals surface area contributed by atoms with Crippen molar-refractivity contribution in [2.24, 2.45) is 0 Å². The Balaban J connectivity index is 2.04. The molecule has 4 nitrogen and oxygen atoms in total. The molecule has 5 heteroatoms. The summed E-state index contributed by atoms with van der Waals surface area (Å²) >= 11 is 1.21. The van der Waals surface area contributed by atoms with E-state index in [0.29, 0.717) is 6.54 Å². The van der Waals surface area contributed by atoms with E-state index >= 15 is 0 Å². The Hall–Kier alpha value is -1.88. The fourth-order valence-electron chi connectivity index (χ4n) is 1.83. The fraction of sp³-hybridized carbons (Fsp3) is 0.231. The Bertz CT molecular complexity index is 558. The van der Waals surface area contributed by atoms with Crippen LogP contribution in [0.1, 0.15) is 16.0 Å². The van der Waals surface area contributed by atoms with Gasteiger partial charge in [-0.05, 0) is 43.2 Å². The number of rotatable bonds is 4. The van der Waals surface area contributed by atoms with E-state index in [0.717, 1.165) is 10.6 Å². The van der Waals surface area contributed by atoms with Gasteiger partial charge in [-0.15, -0.1) is 0 Å². The first-order chi connectivity index (χ1) is 8.54. The molecule has 1 aromatic heterocycles. The number of nitro groups is 1. The summed E-state index contributed by atoms with van der Waals surface area (Å²) in [5.41, 5.74) is 3.45. The molecule has 0 saturated carbocycles. The number of aryl methyl sites for hydroxylation is 2. The van der Waals surface area contributed by atoms with Crippen LogP contribution in [0.3, 0.4) is 0 Å². The molecule has 94 valence electrons. The summed E-state index contributed by atoms with van der Waals surface area (Å²) in [6.07, 6.45) is 0. The van der Waals surface area contributed by atoms with E-state index in [4.69, 9.17) is 0 Å². The standard InChI is InChI=1S/C13H14N2O2S/c1-9-5-10(2)7-11(6-9)14-8-12-3-4-13(18-12)15(16)17/h3-7,14H,8H2,1-2H3. The van der Waals surface area contributed by atoms with Crippen LogP contribution in [0, 0.1) is 24.0 Å². The van der Waals surface area contributed by atoms with Crippen molar-refractivity contribution in [2.75, 3.05) is 5.32 Å². The van der Waals surface area contributed by atoms with E-state index in [1.807, 2.05) is 13.8 Å². The van der Waals surface area contributed by atoms with Gasteiger partial charge in [0.15, 0.2) is 0 Å². The first-order valence-corrected chi connectivity index (χ1v) is 6.41. The number of hydrogen-bond donors (Lipinski definition) is 1. The van der Waals surface area contributed by atoms with Gasteiger partial charge in [-0.25, -0.2) is 0 Å². The molecule has 0 bridgehead atoms. The third kappa shape index (κ3) is 3.07.